The third-order valence-corrected chi connectivity index (χ3v) is 5.52. The van der Waals surface area contributed by atoms with Crippen molar-refractivity contribution in [1.82, 2.24) is 9.55 Å². The van der Waals surface area contributed by atoms with Gasteiger partial charge in [-0.1, -0.05) is 72.3 Å². The van der Waals surface area contributed by atoms with Gasteiger partial charge in [-0.3, -0.25) is 0 Å². The molecule has 4 nitrogen and oxygen atoms in total. The molecule has 0 saturated heterocycles. The average Bonchev–Trinajstić information content (AvgIpc) is 3.08. The Labute approximate surface area is 178 Å². The summed E-state index contributed by atoms with van der Waals surface area (Å²) in [5.41, 5.74) is 4.58. The second-order valence-corrected chi connectivity index (χ2v) is 7.59. The first-order valence-electron chi connectivity index (χ1n) is 9.57. The number of aromatic carboxylic acids is 1. The number of carbonyl (C=O) groups is 1. The lowest BCUT2D eigenvalue weighted by atomic mass is 10.1. The van der Waals surface area contributed by atoms with Crippen LogP contribution in [0.15, 0.2) is 84.9 Å². The Morgan fingerprint density at radius 1 is 0.900 bits per heavy atom. The summed E-state index contributed by atoms with van der Waals surface area (Å²) in [5.74, 6) is -1.05. The number of halogens is 1. The van der Waals surface area contributed by atoms with Gasteiger partial charge in [0, 0.05) is 33.4 Å². The van der Waals surface area contributed by atoms with Crippen molar-refractivity contribution in [2.24, 2.45) is 0 Å². The van der Waals surface area contributed by atoms with E-state index in [4.69, 9.17) is 11.6 Å². The molecular formula is C25H17ClN2O2. The van der Waals surface area contributed by atoms with Gasteiger partial charge in [0.15, 0.2) is 0 Å². The standard InChI is InChI=1S/C25H17ClN2O2/c26-18-12-10-17(11-13-18)23-24-20(14-21(27-23)25(29)30)19-8-4-5-9-22(19)28(24)15-16-6-2-1-3-7-16/h1-14H,15H2,(H,29,30). The van der Waals surface area contributed by atoms with Crippen molar-refractivity contribution in [2.75, 3.05) is 0 Å². The highest BCUT2D eigenvalue weighted by molar-refractivity contribution is 6.30. The number of benzene rings is 3. The number of carboxylic acids is 1. The summed E-state index contributed by atoms with van der Waals surface area (Å²) in [6.07, 6.45) is 0. The minimum atomic E-state index is -1.05. The molecule has 2 aromatic heterocycles. The van der Waals surface area contributed by atoms with Crippen molar-refractivity contribution < 1.29 is 9.90 Å². The Bertz CT molecular complexity index is 1390. The van der Waals surface area contributed by atoms with E-state index in [0.717, 1.165) is 32.9 Å². The van der Waals surface area contributed by atoms with Crippen LogP contribution in [0.5, 0.6) is 0 Å². The van der Waals surface area contributed by atoms with Crippen LogP contribution < -0.4 is 0 Å². The Hall–Kier alpha value is -3.63. The predicted octanol–water partition coefficient (Wildman–Crippen LogP) is 6.26. The lowest BCUT2D eigenvalue weighted by molar-refractivity contribution is 0.0691. The molecule has 0 spiro atoms. The van der Waals surface area contributed by atoms with Crippen LogP contribution in [0.4, 0.5) is 0 Å². The molecule has 2 heterocycles. The van der Waals surface area contributed by atoms with Gasteiger partial charge in [-0.15, -0.1) is 0 Å². The van der Waals surface area contributed by atoms with Gasteiger partial charge in [-0.2, -0.15) is 0 Å². The maximum atomic E-state index is 11.8. The monoisotopic (exact) mass is 412 g/mol. The number of rotatable bonds is 4. The average molecular weight is 413 g/mol. The number of pyridine rings is 1. The topological polar surface area (TPSA) is 55.1 Å². The van der Waals surface area contributed by atoms with Gasteiger partial charge in [0.1, 0.15) is 5.69 Å². The molecule has 0 bridgehead atoms. The van der Waals surface area contributed by atoms with Gasteiger partial charge in [0.05, 0.1) is 11.2 Å². The molecule has 146 valence electrons. The summed E-state index contributed by atoms with van der Waals surface area (Å²) >= 11 is 6.08. The molecule has 0 saturated carbocycles. The Kier molecular flexibility index (Phi) is 4.49. The van der Waals surface area contributed by atoms with Gasteiger partial charge in [-0.25, -0.2) is 9.78 Å². The third kappa shape index (κ3) is 3.11. The van der Waals surface area contributed by atoms with Crippen LogP contribution in [0.25, 0.3) is 33.1 Å². The van der Waals surface area contributed by atoms with Crippen LogP contribution in [0.3, 0.4) is 0 Å². The summed E-state index contributed by atoms with van der Waals surface area (Å²) in [7, 11) is 0. The molecule has 0 aliphatic rings. The van der Waals surface area contributed by atoms with E-state index in [-0.39, 0.29) is 5.69 Å². The highest BCUT2D eigenvalue weighted by atomic mass is 35.5. The van der Waals surface area contributed by atoms with Crippen LogP contribution in [0, 0.1) is 0 Å². The fourth-order valence-corrected chi connectivity index (χ4v) is 4.05. The highest BCUT2D eigenvalue weighted by Gasteiger charge is 2.20. The van der Waals surface area contributed by atoms with E-state index in [2.05, 4.69) is 27.8 Å². The highest BCUT2D eigenvalue weighted by Crippen LogP contribution is 2.36. The van der Waals surface area contributed by atoms with Gasteiger partial charge in [0.25, 0.3) is 0 Å². The van der Waals surface area contributed by atoms with Crippen molar-refractivity contribution in [2.45, 2.75) is 6.54 Å². The number of carboxylic acid groups (broad SMARTS) is 1. The fourth-order valence-electron chi connectivity index (χ4n) is 3.92. The summed E-state index contributed by atoms with van der Waals surface area (Å²) < 4.78 is 2.21. The second-order valence-electron chi connectivity index (χ2n) is 7.15. The Morgan fingerprint density at radius 2 is 1.60 bits per heavy atom. The van der Waals surface area contributed by atoms with Gasteiger partial charge in [0.2, 0.25) is 0 Å². The van der Waals surface area contributed by atoms with Crippen LogP contribution in [0.2, 0.25) is 5.02 Å². The van der Waals surface area contributed by atoms with E-state index in [1.165, 1.54) is 0 Å². The van der Waals surface area contributed by atoms with Gasteiger partial charge in [-0.05, 0) is 29.8 Å². The number of nitrogens with zero attached hydrogens (tertiary/aromatic N) is 2. The molecule has 5 rings (SSSR count). The summed E-state index contributed by atoms with van der Waals surface area (Å²) in [6, 6.07) is 27.3. The number of aromatic nitrogens is 2. The molecule has 0 amide bonds. The van der Waals surface area contributed by atoms with E-state index in [1.807, 2.05) is 48.5 Å². The summed E-state index contributed by atoms with van der Waals surface area (Å²) in [4.78, 5) is 16.4. The molecule has 30 heavy (non-hydrogen) atoms. The minimum absolute atomic E-state index is 0.0232. The molecule has 0 aliphatic heterocycles. The largest absolute Gasteiger partial charge is 0.477 e. The first kappa shape index (κ1) is 18.4. The third-order valence-electron chi connectivity index (χ3n) is 5.27. The maximum absolute atomic E-state index is 11.8. The molecule has 0 atom stereocenters. The lowest BCUT2D eigenvalue weighted by Crippen LogP contribution is -2.05. The molecule has 0 unspecified atom stereocenters. The smallest absolute Gasteiger partial charge is 0.354 e. The quantitative estimate of drug-likeness (QED) is 0.379. The number of fused-ring (bicyclic) bond motifs is 3. The van der Waals surface area contributed by atoms with Gasteiger partial charge < -0.3 is 9.67 Å². The molecule has 0 aliphatic carbocycles. The maximum Gasteiger partial charge on any atom is 0.354 e. The van der Waals surface area contributed by atoms with Crippen molar-refractivity contribution >= 4 is 39.4 Å². The zero-order chi connectivity index (χ0) is 20.7. The zero-order valence-corrected chi connectivity index (χ0v) is 16.7. The first-order chi connectivity index (χ1) is 14.6. The van der Waals surface area contributed by atoms with Gasteiger partial charge >= 0.3 is 5.97 Å². The van der Waals surface area contributed by atoms with Crippen molar-refractivity contribution in [3.8, 4) is 11.3 Å². The van der Waals surface area contributed by atoms with Crippen LogP contribution in [-0.4, -0.2) is 20.6 Å². The molecule has 5 aromatic rings. The molecule has 3 aromatic carbocycles. The fraction of sp³-hybridized carbons (Fsp3) is 0.0400. The molecule has 0 fully saturated rings. The summed E-state index contributed by atoms with van der Waals surface area (Å²) in [5, 5.41) is 12.2. The predicted molar refractivity (Wildman–Crippen MR) is 120 cm³/mol. The lowest BCUT2D eigenvalue weighted by Gasteiger charge is -2.12. The van der Waals surface area contributed by atoms with E-state index in [1.54, 1.807) is 18.2 Å². The molecular weight excluding hydrogens is 396 g/mol. The Balaban J connectivity index is 1.89. The van der Waals surface area contributed by atoms with Crippen molar-refractivity contribution in [1.29, 1.82) is 0 Å². The van der Waals surface area contributed by atoms with Crippen LogP contribution in [-0.2, 0) is 6.54 Å². The minimum Gasteiger partial charge on any atom is -0.477 e. The van der Waals surface area contributed by atoms with E-state index < -0.39 is 5.97 Å². The van der Waals surface area contributed by atoms with Crippen LogP contribution >= 0.6 is 11.6 Å². The normalized spacial score (nSPS) is 11.2. The number of hydrogen-bond acceptors (Lipinski definition) is 2. The molecule has 1 N–H and O–H groups in total. The summed E-state index contributed by atoms with van der Waals surface area (Å²) in [6.45, 7) is 0.652. The SMILES string of the molecule is O=C(O)c1cc2c3ccccc3n(Cc3ccccc3)c2c(-c2ccc(Cl)cc2)n1. The molecule has 0 radical (unpaired) electrons. The van der Waals surface area contributed by atoms with E-state index in [9.17, 15) is 9.90 Å². The Morgan fingerprint density at radius 3 is 2.33 bits per heavy atom. The van der Waals surface area contributed by atoms with E-state index >= 15 is 0 Å². The van der Waals surface area contributed by atoms with Crippen molar-refractivity contribution in [3.05, 3.63) is 101 Å². The zero-order valence-electron chi connectivity index (χ0n) is 15.9. The second kappa shape index (κ2) is 7.32. The number of para-hydroxylation sites is 1. The van der Waals surface area contributed by atoms with E-state index in [0.29, 0.717) is 17.3 Å². The molecule has 5 heteroatoms. The van der Waals surface area contributed by atoms with Crippen molar-refractivity contribution in [3.63, 3.8) is 0 Å². The number of hydrogen-bond donors (Lipinski definition) is 1. The van der Waals surface area contributed by atoms with Crippen LogP contribution in [0.1, 0.15) is 16.1 Å². The first-order valence-corrected chi connectivity index (χ1v) is 9.95.